The van der Waals surface area contributed by atoms with E-state index in [1.54, 1.807) is 6.92 Å². The van der Waals surface area contributed by atoms with Crippen LogP contribution in [0.25, 0.3) is 5.65 Å². The maximum absolute atomic E-state index is 14.0. The zero-order chi connectivity index (χ0) is 28.4. The molecule has 4 aromatic rings. The molecule has 39 heavy (non-hydrogen) atoms. The number of pyridine rings is 2. The van der Waals surface area contributed by atoms with E-state index in [0.717, 1.165) is 4.40 Å². The lowest BCUT2D eigenvalue weighted by molar-refractivity contribution is 0.00756. The molecule has 0 radical (unpaired) electrons. The Morgan fingerprint density at radius 2 is 1.87 bits per heavy atom. The number of halogens is 4. The van der Waals surface area contributed by atoms with Crippen LogP contribution in [0.3, 0.4) is 0 Å². The van der Waals surface area contributed by atoms with Crippen LogP contribution in [0.4, 0.5) is 14.5 Å². The van der Waals surface area contributed by atoms with E-state index in [1.165, 1.54) is 55.6 Å². The first-order valence-electron chi connectivity index (χ1n) is 11.3. The highest BCUT2D eigenvalue weighted by molar-refractivity contribution is 6.30. The molecule has 13 heteroatoms. The molecular formula is C26H19Cl2F2N5O4. The second-order valence-corrected chi connectivity index (χ2v) is 9.29. The van der Waals surface area contributed by atoms with Crippen LogP contribution in [0.2, 0.25) is 10.2 Å². The summed E-state index contributed by atoms with van der Waals surface area (Å²) < 4.78 is 34.8. The number of hydrogen-bond donors (Lipinski definition) is 2. The molecule has 0 amide bonds. The molecule has 9 nitrogen and oxygen atoms in total. The van der Waals surface area contributed by atoms with E-state index in [1.807, 2.05) is 6.07 Å². The SMILES string of the molecule is Cc1c(O[C@@H](c2ccc(C#N)cc2)C(F)F)nc2c([C@@H](C)Nc3ccc(Cl)nc3C(=O)O)cc(Cl)cn2c1=O. The first-order valence-corrected chi connectivity index (χ1v) is 12.1. The Bertz CT molecular complexity index is 1670. The molecule has 0 fully saturated rings. The number of carboxylic acid groups (broad SMARTS) is 1. The van der Waals surface area contributed by atoms with E-state index in [9.17, 15) is 23.5 Å². The molecule has 0 aliphatic carbocycles. The predicted molar refractivity (Wildman–Crippen MR) is 140 cm³/mol. The van der Waals surface area contributed by atoms with Crippen LogP contribution in [-0.4, -0.2) is 31.9 Å². The zero-order valence-corrected chi connectivity index (χ0v) is 21.8. The van der Waals surface area contributed by atoms with Gasteiger partial charge in [-0.15, -0.1) is 0 Å². The van der Waals surface area contributed by atoms with E-state index < -0.39 is 30.1 Å². The molecule has 0 saturated heterocycles. The Kier molecular flexibility index (Phi) is 7.99. The molecule has 4 rings (SSSR count). The molecule has 200 valence electrons. The maximum Gasteiger partial charge on any atom is 0.356 e. The first-order chi connectivity index (χ1) is 18.5. The minimum absolute atomic E-state index is 0.0138. The number of carboxylic acids is 1. The van der Waals surface area contributed by atoms with Crippen molar-refractivity contribution in [1.29, 1.82) is 5.26 Å². The molecule has 0 spiro atoms. The third-order valence-corrected chi connectivity index (χ3v) is 6.26. The fourth-order valence-electron chi connectivity index (χ4n) is 3.89. The number of anilines is 1. The summed E-state index contributed by atoms with van der Waals surface area (Å²) in [5.41, 5.74) is -0.0358. The summed E-state index contributed by atoms with van der Waals surface area (Å²) in [7, 11) is 0. The van der Waals surface area contributed by atoms with Crippen LogP contribution in [0.15, 0.2) is 53.5 Å². The van der Waals surface area contributed by atoms with Gasteiger partial charge in [-0.1, -0.05) is 35.3 Å². The van der Waals surface area contributed by atoms with Crippen LogP contribution >= 0.6 is 23.2 Å². The summed E-state index contributed by atoms with van der Waals surface area (Å²) in [6, 6.07) is 11.0. The van der Waals surface area contributed by atoms with Gasteiger partial charge < -0.3 is 15.2 Å². The predicted octanol–water partition coefficient (Wildman–Crippen LogP) is 5.83. The zero-order valence-electron chi connectivity index (χ0n) is 20.3. The third kappa shape index (κ3) is 5.77. The van der Waals surface area contributed by atoms with E-state index in [-0.39, 0.29) is 49.8 Å². The summed E-state index contributed by atoms with van der Waals surface area (Å²) in [5, 5.41) is 21.7. The number of aromatic nitrogens is 3. The van der Waals surface area contributed by atoms with Crippen molar-refractivity contribution in [3.63, 3.8) is 0 Å². The van der Waals surface area contributed by atoms with Crippen molar-refractivity contribution >= 4 is 40.5 Å². The summed E-state index contributed by atoms with van der Waals surface area (Å²) in [6.07, 6.45) is -3.41. The van der Waals surface area contributed by atoms with Crippen molar-refractivity contribution in [3.05, 3.63) is 97.1 Å². The highest BCUT2D eigenvalue weighted by Crippen LogP contribution is 2.31. The normalized spacial score (nSPS) is 12.7. The number of aromatic carboxylic acids is 1. The van der Waals surface area contributed by atoms with Gasteiger partial charge in [-0.05, 0) is 49.7 Å². The van der Waals surface area contributed by atoms with Crippen LogP contribution in [0.5, 0.6) is 5.88 Å². The van der Waals surface area contributed by atoms with Gasteiger partial charge in [0.25, 0.3) is 12.0 Å². The number of benzene rings is 1. The number of rotatable bonds is 8. The minimum atomic E-state index is -2.98. The van der Waals surface area contributed by atoms with Crippen molar-refractivity contribution < 1.29 is 23.4 Å². The molecule has 1 aromatic carbocycles. The second kappa shape index (κ2) is 11.2. The fourth-order valence-corrected chi connectivity index (χ4v) is 4.25. The number of nitrogens with zero attached hydrogens (tertiary/aromatic N) is 4. The summed E-state index contributed by atoms with van der Waals surface area (Å²) in [5.74, 6) is -1.63. The highest BCUT2D eigenvalue weighted by Gasteiger charge is 2.27. The lowest BCUT2D eigenvalue weighted by atomic mass is 10.1. The maximum atomic E-state index is 14.0. The van der Waals surface area contributed by atoms with Crippen LogP contribution in [-0.2, 0) is 0 Å². The van der Waals surface area contributed by atoms with E-state index in [0.29, 0.717) is 5.56 Å². The standard InChI is InChI=1S/C26H19Cl2F2N5O4/c1-12-24(39-21(22(29)30)15-5-3-14(10-31)4-6-15)34-23-17(9-16(27)11-35(23)25(12)36)13(2)32-18-7-8-19(28)33-20(18)26(37)38/h3-9,11,13,21-22,32H,1-2H3,(H,37,38)/t13-,21+/m1/s1. The molecule has 3 heterocycles. The van der Waals surface area contributed by atoms with Crippen molar-refractivity contribution in [2.45, 2.75) is 32.4 Å². The number of fused-ring (bicyclic) bond motifs is 1. The lowest BCUT2D eigenvalue weighted by Crippen LogP contribution is -2.24. The summed E-state index contributed by atoms with van der Waals surface area (Å²) >= 11 is 12.1. The van der Waals surface area contributed by atoms with Crippen molar-refractivity contribution in [2.24, 2.45) is 0 Å². The van der Waals surface area contributed by atoms with Crippen molar-refractivity contribution in [1.82, 2.24) is 14.4 Å². The summed E-state index contributed by atoms with van der Waals surface area (Å²) in [4.78, 5) is 33.1. The molecule has 0 aliphatic rings. The first kappa shape index (κ1) is 27.8. The monoisotopic (exact) mass is 573 g/mol. The number of ether oxygens (including phenoxy) is 1. The van der Waals surface area contributed by atoms with E-state index >= 15 is 0 Å². The average Bonchev–Trinajstić information content (AvgIpc) is 2.90. The van der Waals surface area contributed by atoms with Gasteiger partial charge in [-0.25, -0.2) is 18.6 Å². The molecule has 2 atom stereocenters. The second-order valence-electron chi connectivity index (χ2n) is 8.46. The topological polar surface area (TPSA) is 130 Å². The van der Waals surface area contributed by atoms with Crippen LogP contribution < -0.4 is 15.6 Å². The van der Waals surface area contributed by atoms with Gasteiger partial charge in [0.05, 0.1) is 33.9 Å². The van der Waals surface area contributed by atoms with Crippen molar-refractivity contribution in [2.75, 3.05) is 5.32 Å². The van der Waals surface area contributed by atoms with Gasteiger partial charge in [0.15, 0.2) is 11.8 Å². The van der Waals surface area contributed by atoms with Gasteiger partial charge in [0.1, 0.15) is 10.8 Å². The fraction of sp³-hybridized carbons (Fsp3) is 0.192. The largest absolute Gasteiger partial charge is 0.476 e. The number of hydrogen-bond acceptors (Lipinski definition) is 7. The Morgan fingerprint density at radius 3 is 2.49 bits per heavy atom. The van der Waals surface area contributed by atoms with Crippen LogP contribution in [0.1, 0.15) is 51.8 Å². The van der Waals surface area contributed by atoms with Crippen LogP contribution in [0, 0.1) is 18.3 Å². The van der Waals surface area contributed by atoms with Gasteiger partial charge in [-0.2, -0.15) is 10.2 Å². The third-order valence-electron chi connectivity index (χ3n) is 5.84. The molecule has 0 bridgehead atoms. The van der Waals surface area contributed by atoms with Gasteiger partial charge in [0, 0.05) is 11.8 Å². The quantitative estimate of drug-likeness (QED) is 0.252. The average molecular weight is 574 g/mol. The summed E-state index contributed by atoms with van der Waals surface area (Å²) in [6.45, 7) is 3.05. The van der Waals surface area contributed by atoms with E-state index in [4.69, 9.17) is 33.2 Å². The van der Waals surface area contributed by atoms with Crippen molar-refractivity contribution in [3.8, 4) is 11.9 Å². The molecule has 0 aliphatic heterocycles. The van der Waals surface area contributed by atoms with Gasteiger partial charge >= 0.3 is 5.97 Å². The molecule has 2 N–H and O–H groups in total. The minimum Gasteiger partial charge on any atom is -0.476 e. The number of alkyl halides is 2. The Balaban J connectivity index is 1.80. The number of nitriles is 1. The molecule has 3 aromatic heterocycles. The van der Waals surface area contributed by atoms with E-state index in [2.05, 4.69) is 15.3 Å². The molecule has 0 unspecified atom stereocenters. The van der Waals surface area contributed by atoms with Gasteiger partial charge in [0.2, 0.25) is 5.88 Å². The van der Waals surface area contributed by atoms with Gasteiger partial charge in [-0.3, -0.25) is 9.20 Å². The number of carbonyl (C=O) groups is 1. The lowest BCUT2D eigenvalue weighted by Gasteiger charge is -2.22. The Hall–Kier alpha value is -4.27. The molecule has 0 saturated carbocycles. The smallest absolute Gasteiger partial charge is 0.356 e. The number of nitrogens with one attached hydrogen (secondary N) is 1. The molecular weight excluding hydrogens is 555 g/mol. The Labute approximate surface area is 230 Å². The Morgan fingerprint density at radius 1 is 1.18 bits per heavy atom. The highest BCUT2D eigenvalue weighted by atomic mass is 35.5.